The van der Waals surface area contributed by atoms with Gasteiger partial charge in [-0.25, -0.2) is 15.0 Å². The van der Waals surface area contributed by atoms with Gasteiger partial charge in [0.15, 0.2) is 0 Å². The van der Waals surface area contributed by atoms with Crippen molar-refractivity contribution in [2.45, 2.75) is 33.2 Å². The van der Waals surface area contributed by atoms with Crippen LogP contribution in [0.5, 0.6) is 0 Å². The highest BCUT2D eigenvalue weighted by Crippen LogP contribution is 2.24. The highest BCUT2D eigenvalue weighted by molar-refractivity contribution is 5.94. The molecule has 4 rings (SSSR count). The summed E-state index contributed by atoms with van der Waals surface area (Å²) in [5.41, 5.74) is 3.23. The third kappa shape index (κ3) is 5.43. The van der Waals surface area contributed by atoms with Gasteiger partial charge in [-0.1, -0.05) is 0 Å². The predicted molar refractivity (Wildman–Crippen MR) is 132 cm³/mol. The molecule has 0 unspecified atom stereocenters. The van der Waals surface area contributed by atoms with E-state index in [0.29, 0.717) is 24.6 Å². The summed E-state index contributed by atoms with van der Waals surface area (Å²) in [6.07, 6.45) is 4.48. The molecule has 1 aromatic carbocycles. The van der Waals surface area contributed by atoms with Gasteiger partial charge >= 0.3 is 0 Å². The smallest absolute Gasteiger partial charge is 0.253 e. The monoisotopic (exact) mass is 463 g/mol. The predicted octanol–water partition coefficient (Wildman–Crippen LogP) is 3.11. The molecule has 9 nitrogen and oxygen atoms in total. The van der Waals surface area contributed by atoms with Gasteiger partial charge in [-0.15, -0.1) is 0 Å². The molecule has 0 radical (unpaired) electrons. The average molecular weight is 464 g/mol. The number of rotatable bonds is 7. The zero-order valence-electron chi connectivity index (χ0n) is 20.1. The first-order valence-corrected chi connectivity index (χ1v) is 11.8. The molecule has 0 saturated carbocycles. The summed E-state index contributed by atoms with van der Waals surface area (Å²) in [5.74, 6) is 1.47. The van der Waals surface area contributed by atoms with Crippen LogP contribution in [0.4, 0.5) is 11.6 Å². The third-order valence-corrected chi connectivity index (χ3v) is 6.10. The Kier molecular flexibility index (Phi) is 7.54. The van der Waals surface area contributed by atoms with Crippen LogP contribution in [-0.2, 0) is 0 Å². The molecule has 3 heterocycles. The highest BCUT2D eigenvalue weighted by Gasteiger charge is 2.20. The first kappa shape index (κ1) is 23.8. The number of aliphatic hydroxyl groups is 1. The SMILES string of the molecule is Cc1ncc(-c2ccnc(Nc3ccc(C(=O)N4CCCN(CCO)CC4)cc3)n2)n1C(C)C. The molecule has 0 spiro atoms. The minimum atomic E-state index is 0.0352. The van der Waals surface area contributed by atoms with Crippen molar-refractivity contribution in [1.82, 2.24) is 29.3 Å². The molecule has 2 N–H and O–H groups in total. The summed E-state index contributed by atoms with van der Waals surface area (Å²) in [4.78, 5) is 30.6. The fourth-order valence-electron chi connectivity index (χ4n) is 4.40. The zero-order valence-corrected chi connectivity index (χ0v) is 20.1. The van der Waals surface area contributed by atoms with Gasteiger partial charge < -0.3 is 19.9 Å². The van der Waals surface area contributed by atoms with E-state index in [1.165, 1.54) is 0 Å². The van der Waals surface area contributed by atoms with E-state index in [-0.39, 0.29) is 18.6 Å². The second-order valence-corrected chi connectivity index (χ2v) is 8.83. The van der Waals surface area contributed by atoms with Crippen LogP contribution in [0, 0.1) is 6.92 Å². The molecule has 0 bridgehead atoms. The van der Waals surface area contributed by atoms with Gasteiger partial charge in [0.1, 0.15) is 5.82 Å². The summed E-state index contributed by atoms with van der Waals surface area (Å²) < 4.78 is 2.15. The molecular weight excluding hydrogens is 430 g/mol. The Hall–Kier alpha value is -3.30. The van der Waals surface area contributed by atoms with Gasteiger partial charge in [-0.3, -0.25) is 9.69 Å². The Morgan fingerprint density at radius 1 is 1.09 bits per heavy atom. The van der Waals surface area contributed by atoms with Crippen molar-refractivity contribution in [3.8, 4) is 11.4 Å². The van der Waals surface area contributed by atoms with E-state index < -0.39 is 0 Å². The molecule has 34 heavy (non-hydrogen) atoms. The van der Waals surface area contributed by atoms with Crippen LogP contribution in [0.15, 0.2) is 42.7 Å². The minimum absolute atomic E-state index is 0.0352. The summed E-state index contributed by atoms with van der Waals surface area (Å²) in [5, 5.41) is 12.4. The number of amides is 1. The van der Waals surface area contributed by atoms with E-state index in [2.05, 4.69) is 43.6 Å². The highest BCUT2D eigenvalue weighted by atomic mass is 16.3. The van der Waals surface area contributed by atoms with Crippen LogP contribution in [-0.4, -0.2) is 79.7 Å². The Morgan fingerprint density at radius 2 is 1.88 bits per heavy atom. The number of carbonyl (C=O) groups is 1. The van der Waals surface area contributed by atoms with E-state index >= 15 is 0 Å². The molecule has 1 amide bonds. The largest absolute Gasteiger partial charge is 0.395 e. The molecule has 1 aliphatic rings. The molecular formula is C25H33N7O2. The van der Waals surface area contributed by atoms with Crippen LogP contribution in [0.25, 0.3) is 11.4 Å². The number of nitrogens with one attached hydrogen (secondary N) is 1. The Balaban J connectivity index is 1.43. The van der Waals surface area contributed by atoms with Crippen molar-refractivity contribution in [2.75, 3.05) is 44.6 Å². The zero-order chi connectivity index (χ0) is 24.1. The second-order valence-electron chi connectivity index (χ2n) is 8.83. The van der Waals surface area contributed by atoms with Crippen LogP contribution in [0.2, 0.25) is 0 Å². The van der Waals surface area contributed by atoms with Crippen LogP contribution in [0.3, 0.4) is 0 Å². The van der Waals surface area contributed by atoms with Crippen molar-refractivity contribution in [3.05, 3.63) is 54.1 Å². The van der Waals surface area contributed by atoms with Crippen LogP contribution in [0.1, 0.15) is 42.5 Å². The van der Waals surface area contributed by atoms with E-state index in [1.807, 2.05) is 48.4 Å². The number of β-amino-alcohol motifs (C(OH)–C–C–N with tert-alkyl or cyclic N) is 1. The maximum Gasteiger partial charge on any atom is 0.253 e. The van der Waals surface area contributed by atoms with Gasteiger partial charge in [0.25, 0.3) is 5.91 Å². The number of anilines is 2. The number of nitrogens with zero attached hydrogens (tertiary/aromatic N) is 6. The first-order chi connectivity index (χ1) is 16.5. The molecule has 9 heteroatoms. The van der Waals surface area contributed by atoms with E-state index in [0.717, 1.165) is 49.0 Å². The van der Waals surface area contributed by atoms with Crippen molar-refractivity contribution in [3.63, 3.8) is 0 Å². The molecule has 3 aromatic rings. The van der Waals surface area contributed by atoms with Crippen LogP contribution < -0.4 is 5.32 Å². The van der Waals surface area contributed by atoms with E-state index in [9.17, 15) is 4.79 Å². The Labute approximate surface area is 200 Å². The fraction of sp³-hybridized carbons (Fsp3) is 0.440. The molecule has 1 fully saturated rings. The molecule has 2 aromatic heterocycles. The number of aliphatic hydroxyl groups excluding tert-OH is 1. The molecule has 0 atom stereocenters. The summed E-state index contributed by atoms with van der Waals surface area (Å²) >= 11 is 0. The van der Waals surface area contributed by atoms with Gasteiger partial charge in [-0.05, 0) is 64.1 Å². The standard InChI is InChI=1S/C25H33N7O2/c1-18(2)32-19(3)27-17-23(32)22-9-10-26-25(29-22)28-21-7-5-20(6-8-21)24(34)31-12-4-11-30(13-14-31)15-16-33/h5-10,17-18,33H,4,11-16H2,1-3H3,(H,26,28,29). The van der Waals surface area contributed by atoms with Gasteiger partial charge in [-0.2, -0.15) is 0 Å². The average Bonchev–Trinajstić information content (AvgIpc) is 3.07. The maximum atomic E-state index is 13.0. The number of hydrogen-bond acceptors (Lipinski definition) is 7. The van der Waals surface area contributed by atoms with Crippen molar-refractivity contribution in [1.29, 1.82) is 0 Å². The maximum absolute atomic E-state index is 13.0. The molecule has 0 aliphatic carbocycles. The topological polar surface area (TPSA) is 99.4 Å². The van der Waals surface area contributed by atoms with Crippen molar-refractivity contribution >= 4 is 17.5 Å². The van der Waals surface area contributed by atoms with Gasteiger partial charge in [0.2, 0.25) is 5.95 Å². The lowest BCUT2D eigenvalue weighted by molar-refractivity contribution is 0.0760. The minimum Gasteiger partial charge on any atom is -0.395 e. The van der Waals surface area contributed by atoms with Gasteiger partial charge in [0.05, 0.1) is 24.2 Å². The number of aryl methyl sites for hydroxylation is 1. The molecule has 180 valence electrons. The summed E-state index contributed by atoms with van der Waals surface area (Å²) in [7, 11) is 0. The number of aromatic nitrogens is 4. The Morgan fingerprint density at radius 3 is 2.62 bits per heavy atom. The lowest BCUT2D eigenvalue weighted by Crippen LogP contribution is -2.35. The van der Waals surface area contributed by atoms with E-state index in [4.69, 9.17) is 5.11 Å². The lowest BCUT2D eigenvalue weighted by atomic mass is 10.1. The quantitative estimate of drug-likeness (QED) is 0.555. The number of carbonyl (C=O) groups excluding carboxylic acids is 1. The fourth-order valence-corrected chi connectivity index (χ4v) is 4.40. The lowest BCUT2D eigenvalue weighted by Gasteiger charge is -2.21. The number of imidazole rings is 1. The van der Waals surface area contributed by atoms with Gasteiger partial charge in [0, 0.05) is 49.7 Å². The molecule has 1 saturated heterocycles. The molecule has 1 aliphatic heterocycles. The third-order valence-electron chi connectivity index (χ3n) is 6.10. The van der Waals surface area contributed by atoms with E-state index in [1.54, 1.807) is 6.20 Å². The number of benzene rings is 1. The first-order valence-electron chi connectivity index (χ1n) is 11.8. The number of hydrogen-bond donors (Lipinski definition) is 2. The summed E-state index contributed by atoms with van der Waals surface area (Å²) in [6.45, 7) is 10.1. The Bertz CT molecular complexity index is 1110. The normalized spacial score (nSPS) is 14.9. The summed E-state index contributed by atoms with van der Waals surface area (Å²) in [6, 6.07) is 9.58. The second kappa shape index (κ2) is 10.8. The van der Waals surface area contributed by atoms with Crippen molar-refractivity contribution in [2.24, 2.45) is 0 Å². The van der Waals surface area contributed by atoms with Crippen LogP contribution >= 0.6 is 0 Å². The van der Waals surface area contributed by atoms with Crippen molar-refractivity contribution < 1.29 is 9.90 Å².